The molecule has 30 heavy (non-hydrogen) atoms. The highest BCUT2D eigenvalue weighted by Gasteiger charge is 2.28. The first-order chi connectivity index (χ1) is 14.5. The van der Waals surface area contributed by atoms with Gasteiger partial charge in [0.25, 0.3) is 5.56 Å². The second kappa shape index (κ2) is 8.23. The molecular formula is C22H21N3O4S. The Morgan fingerprint density at radius 2 is 1.93 bits per heavy atom. The maximum absolute atomic E-state index is 12.6. The van der Waals surface area contributed by atoms with E-state index in [2.05, 4.69) is 4.98 Å². The van der Waals surface area contributed by atoms with Crippen LogP contribution >= 0.6 is 11.8 Å². The second-order valence-corrected chi connectivity index (χ2v) is 8.07. The lowest BCUT2D eigenvalue weighted by Crippen LogP contribution is -2.32. The predicted molar refractivity (Wildman–Crippen MR) is 117 cm³/mol. The lowest BCUT2D eigenvalue weighted by atomic mass is 10.0. The van der Waals surface area contributed by atoms with Crippen LogP contribution in [-0.2, 0) is 7.05 Å². The fourth-order valence-corrected chi connectivity index (χ4v) is 4.71. The summed E-state index contributed by atoms with van der Waals surface area (Å²) in [6, 6.07) is 15.4. The van der Waals surface area contributed by atoms with Crippen LogP contribution in [0, 0.1) is 0 Å². The Morgan fingerprint density at radius 1 is 1.20 bits per heavy atom. The Kier molecular flexibility index (Phi) is 5.50. The Balaban J connectivity index is 1.91. The Hall–Kier alpha value is -3.26. The number of thioether (sulfide) groups is 1. The smallest absolute Gasteiger partial charge is 0.330 e. The summed E-state index contributed by atoms with van der Waals surface area (Å²) in [4.78, 5) is 32.4. The van der Waals surface area contributed by atoms with Crippen LogP contribution < -0.4 is 16.0 Å². The van der Waals surface area contributed by atoms with Gasteiger partial charge in [-0.2, -0.15) is 0 Å². The molecule has 0 fully saturated rings. The van der Waals surface area contributed by atoms with Crippen molar-refractivity contribution in [3.05, 3.63) is 80.5 Å². The molecule has 4 rings (SSSR count). The molecule has 2 aromatic carbocycles. The summed E-state index contributed by atoms with van der Waals surface area (Å²) in [5.74, 6) is 0.374. The van der Waals surface area contributed by atoms with Crippen molar-refractivity contribution in [2.75, 3.05) is 6.61 Å². The van der Waals surface area contributed by atoms with Crippen molar-refractivity contribution in [2.45, 2.75) is 23.5 Å². The Morgan fingerprint density at radius 3 is 2.73 bits per heavy atom. The minimum Gasteiger partial charge on any atom is -0.494 e. The minimum absolute atomic E-state index is 0.00768. The van der Waals surface area contributed by atoms with Gasteiger partial charge in [0, 0.05) is 29.2 Å². The number of aliphatic imine (C=N–C) groups is 1. The van der Waals surface area contributed by atoms with Crippen LogP contribution in [0.4, 0.5) is 5.69 Å². The molecule has 0 bridgehead atoms. The summed E-state index contributed by atoms with van der Waals surface area (Å²) in [5.41, 5.74) is 0.779. The highest BCUT2D eigenvalue weighted by molar-refractivity contribution is 7.99. The average molecular weight is 423 g/mol. The van der Waals surface area contributed by atoms with Gasteiger partial charge in [-0.15, -0.1) is 11.8 Å². The third kappa shape index (κ3) is 3.66. The van der Waals surface area contributed by atoms with Crippen molar-refractivity contribution < 1.29 is 9.84 Å². The number of rotatable bonds is 4. The number of fused-ring (bicyclic) bond motifs is 1. The van der Waals surface area contributed by atoms with E-state index in [0.717, 1.165) is 20.8 Å². The summed E-state index contributed by atoms with van der Waals surface area (Å²) in [6.07, 6.45) is 0.373. The van der Waals surface area contributed by atoms with Crippen LogP contribution in [0.1, 0.15) is 29.7 Å². The molecule has 0 saturated carbocycles. The number of hydrogen-bond acceptors (Lipinski definition) is 6. The van der Waals surface area contributed by atoms with Crippen LogP contribution in [-0.4, -0.2) is 27.0 Å². The van der Waals surface area contributed by atoms with Crippen LogP contribution in [0.5, 0.6) is 11.6 Å². The van der Waals surface area contributed by atoms with Crippen LogP contribution in [0.3, 0.4) is 0 Å². The molecule has 2 N–H and O–H groups in total. The number of nitrogens with one attached hydrogen (secondary N) is 1. The lowest BCUT2D eigenvalue weighted by molar-refractivity contribution is 0.336. The van der Waals surface area contributed by atoms with Gasteiger partial charge in [-0.1, -0.05) is 30.3 Å². The molecule has 1 aromatic heterocycles. The topological polar surface area (TPSA) is 96.7 Å². The molecule has 2 heterocycles. The Bertz CT molecular complexity index is 1250. The molecule has 154 valence electrons. The van der Waals surface area contributed by atoms with E-state index in [9.17, 15) is 14.7 Å². The van der Waals surface area contributed by atoms with Gasteiger partial charge in [0.1, 0.15) is 11.3 Å². The van der Waals surface area contributed by atoms with E-state index in [0.29, 0.717) is 24.4 Å². The predicted octanol–water partition coefficient (Wildman–Crippen LogP) is 3.54. The number of hydrogen-bond donors (Lipinski definition) is 2. The van der Waals surface area contributed by atoms with Crippen molar-refractivity contribution in [1.29, 1.82) is 0 Å². The number of aromatic hydroxyl groups is 1. The zero-order valence-electron chi connectivity index (χ0n) is 16.6. The number of aromatic amines is 1. The third-order valence-corrected chi connectivity index (χ3v) is 6.22. The van der Waals surface area contributed by atoms with E-state index >= 15 is 0 Å². The first-order valence-electron chi connectivity index (χ1n) is 9.57. The highest BCUT2D eigenvalue weighted by Crippen LogP contribution is 2.47. The van der Waals surface area contributed by atoms with E-state index in [1.54, 1.807) is 11.8 Å². The van der Waals surface area contributed by atoms with Crippen LogP contribution in [0.25, 0.3) is 0 Å². The maximum Gasteiger partial charge on any atom is 0.330 e. The molecule has 0 amide bonds. The van der Waals surface area contributed by atoms with E-state index in [1.165, 1.54) is 7.05 Å². The number of benzene rings is 2. The summed E-state index contributed by atoms with van der Waals surface area (Å²) in [6.45, 7) is 2.47. The molecule has 8 heteroatoms. The summed E-state index contributed by atoms with van der Waals surface area (Å²) >= 11 is 1.63. The normalized spacial score (nSPS) is 15.8. The van der Waals surface area contributed by atoms with Gasteiger partial charge in [0.15, 0.2) is 0 Å². The van der Waals surface area contributed by atoms with Gasteiger partial charge < -0.3 is 9.84 Å². The number of para-hydroxylation sites is 2. The molecular weight excluding hydrogens is 402 g/mol. The Labute approximate surface area is 177 Å². The van der Waals surface area contributed by atoms with Gasteiger partial charge in [0.2, 0.25) is 5.88 Å². The van der Waals surface area contributed by atoms with E-state index in [4.69, 9.17) is 9.73 Å². The van der Waals surface area contributed by atoms with Crippen molar-refractivity contribution >= 4 is 23.2 Å². The molecule has 1 aliphatic heterocycles. The summed E-state index contributed by atoms with van der Waals surface area (Å²) in [7, 11) is 1.40. The molecule has 7 nitrogen and oxygen atoms in total. The van der Waals surface area contributed by atoms with Gasteiger partial charge >= 0.3 is 5.69 Å². The summed E-state index contributed by atoms with van der Waals surface area (Å²) in [5, 5.41) is 10.5. The number of ether oxygens (including phenoxy) is 1. The van der Waals surface area contributed by atoms with Gasteiger partial charge in [-0.05, 0) is 25.1 Å². The average Bonchev–Trinajstić information content (AvgIpc) is 2.92. The van der Waals surface area contributed by atoms with Crippen LogP contribution in [0.2, 0.25) is 0 Å². The van der Waals surface area contributed by atoms with Crippen molar-refractivity contribution in [1.82, 2.24) is 9.55 Å². The van der Waals surface area contributed by atoms with E-state index in [-0.39, 0.29) is 10.8 Å². The van der Waals surface area contributed by atoms with Crippen LogP contribution in [0.15, 0.2) is 68.0 Å². The zero-order chi connectivity index (χ0) is 21.3. The van der Waals surface area contributed by atoms with Gasteiger partial charge in [-0.3, -0.25) is 19.3 Å². The maximum atomic E-state index is 12.6. The van der Waals surface area contributed by atoms with E-state index in [1.807, 2.05) is 55.5 Å². The van der Waals surface area contributed by atoms with Gasteiger partial charge in [0.05, 0.1) is 18.0 Å². The van der Waals surface area contributed by atoms with Crippen molar-refractivity contribution in [3.63, 3.8) is 0 Å². The molecule has 1 unspecified atom stereocenters. The standard InChI is InChI=1S/C22H21N3O4S/c1-3-29-16-10-6-4-8-13(16)18-12-15(23-14-9-5-7-11-17(14)30-18)19-20(26)24-22(28)25(2)21(19)27/h4-11,18,27H,3,12H2,1-2H3,(H,24,26,28). The zero-order valence-corrected chi connectivity index (χ0v) is 17.4. The fourth-order valence-electron chi connectivity index (χ4n) is 3.44. The quantitative estimate of drug-likeness (QED) is 0.669. The van der Waals surface area contributed by atoms with Crippen molar-refractivity contribution in [2.24, 2.45) is 12.0 Å². The molecule has 0 radical (unpaired) electrons. The molecule has 0 saturated heterocycles. The fraction of sp³-hybridized carbons (Fsp3) is 0.227. The second-order valence-electron chi connectivity index (χ2n) is 6.82. The first kappa shape index (κ1) is 20.0. The largest absolute Gasteiger partial charge is 0.494 e. The molecule has 3 aromatic rings. The number of aromatic nitrogens is 2. The first-order valence-corrected chi connectivity index (χ1v) is 10.4. The van der Waals surface area contributed by atoms with Gasteiger partial charge in [-0.25, -0.2) is 4.79 Å². The minimum atomic E-state index is -0.677. The molecule has 0 aliphatic carbocycles. The molecule has 1 atom stereocenters. The molecule has 1 aliphatic rings. The molecule has 0 spiro atoms. The third-order valence-electron chi connectivity index (χ3n) is 4.92. The lowest BCUT2D eigenvalue weighted by Gasteiger charge is -2.19. The van der Waals surface area contributed by atoms with Crippen molar-refractivity contribution in [3.8, 4) is 11.6 Å². The summed E-state index contributed by atoms with van der Waals surface area (Å²) < 4.78 is 6.83. The number of H-pyrrole nitrogens is 1. The van der Waals surface area contributed by atoms with E-state index < -0.39 is 17.1 Å². The number of nitrogens with zero attached hydrogens (tertiary/aromatic N) is 2. The highest BCUT2D eigenvalue weighted by atomic mass is 32.2. The SMILES string of the molecule is CCOc1ccccc1C1CC(c2c(O)n(C)c(=O)[nH]c2=O)=Nc2ccccc2S1. The monoisotopic (exact) mass is 423 g/mol.